The molecular weight excluding hydrogens is 290 g/mol. The van der Waals surface area contributed by atoms with Gasteiger partial charge in [0, 0.05) is 12.0 Å². The number of amides is 1. The molecule has 0 aliphatic rings. The topological polar surface area (TPSA) is 67.0 Å². The Labute approximate surface area is 134 Å². The molecule has 3 aromatic rings. The fourth-order valence-corrected chi connectivity index (χ4v) is 2.48. The average molecular weight is 309 g/mol. The Morgan fingerprint density at radius 1 is 1.26 bits per heavy atom. The molecule has 2 aromatic carbocycles. The molecule has 0 saturated carbocycles. The number of nitrogens with one attached hydrogen (secondary N) is 2. The summed E-state index contributed by atoms with van der Waals surface area (Å²) in [6.45, 7) is 1.97. The second kappa shape index (κ2) is 6.52. The van der Waals surface area contributed by atoms with Crippen molar-refractivity contribution in [3.63, 3.8) is 0 Å². The minimum absolute atomic E-state index is 0.0208. The van der Waals surface area contributed by atoms with E-state index in [2.05, 4.69) is 15.3 Å². The van der Waals surface area contributed by atoms with Gasteiger partial charge in [-0.05, 0) is 36.8 Å². The second-order valence-corrected chi connectivity index (χ2v) is 5.32. The number of carbonyl (C=O) groups excluding carboxylic acids is 1. The number of carbonyl (C=O) groups is 1. The highest BCUT2D eigenvalue weighted by Crippen LogP contribution is 2.30. The van der Waals surface area contributed by atoms with Gasteiger partial charge in [-0.1, -0.05) is 19.1 Å². The standard InChI is InChI=1S/C18H19N3O2/c1-3-6-17(22)19-15-11-12(9-10-16(15)23-2)18-20-13-7-4-5-8-14(13)21-18/h4-5,7-11H,3,6H2,1-2H3,(H,19,22)(H,20,21). The smallest absolute Gasteiger partial charge is 0.224 e. The van der Waals surface area contributed by atoms with Crippen LogP contribution < -0.4 is 10.1 Å². The van der Waals surface area contributed by atoms with Crippen LogP contribution in [0.25, 0.3) is 22.4 Å². The summed E-state index contributed by atoms with van der Waals surface area (Å²) in [5.41, 5.74) is 3.45. The maximum Gasteiger partial charge on any atom is 0.224 e. The average Bonchev–Trinajstić information content (AvgIpc) is 2.99. The monoisotopic (exact) mass is 309 g/mol. The molecule has 0 radical (unpaired) electrons. The van der Waals surface area contributed by atoms with Gasteiger partial charge in [0.25, 0.3) is 0 Å². The Balaban J connectivity index is 1.97. The number of anilines is 1. The van der Waals surface area contributed by atoms with Gasteiger partial charge in [0.15, 0.2) is 0 Å². The normalized spacial score (nSPS) is 10.7. The molecule has 0 aliphatic heterocycles. The van der Waals surface area contributed by atoms with Crippen LogP contribution in [0.2, 0.25) is 0 Å². The predicted octanol–water partition coefficient (Wildman–Crippen LogP) is 3.98. The summed E-state index contributed by atoms with van der Waals surface area (Å²) < 4.78 is 5.33. The van der Waals surface area contributed by atoms with Gasteiger partial charge < -0.3 is 15.0 Å². The zero-order chi connectivity index (χ0) is 16.2. The molecule has 1 heterocycles. The van der Waals surface area contributed by atoms with Crippen molar-refractivity contribution in [2.75, 3.05) is 12.4 Å². The molecule has 0 spiro atoms. The Morgan fingerprint density at radius 3 is 2.83 bits per heavy atom. The van der Waals surface area contributed by atoms with Crippen molar-refractivity contribution in [2.45, 2.75) is 19.8 Å². The summed E-state index contributed by atoms with van der Waals surface area (Å²) in [6, 6.07) is 13.5. The third kappa shape index (κ3) is 3.18. The number of aromatic amines is 1. The number of para-hydroxylation sites is 2. The van der Waals surface area contributed by atoms with Crippen LogP contribution in [0.15, 0.2) is 42.5 Å². The third-order valence-corrected chi connectivity index (χ3v) is 3.61. The molecule has 5 nitrogen and oxygen atoms in total. The van der Waals surface area contributed by atoms with Crippen molar-refractivity contribution in [1.82, 2.24) is 9.97 Å². The summed E-state index contributed by atoms with van der Waals surface area (Å²) in [5.74, 6) is 1.38. The molecule has 5 heteroatoms. The Kier molecular flexibility index (Phi) is 4.28. The SMILES string of the molecule is CCCC(=O)Nc1cc(-c2nc3ccccc3[nH]2)ccc1OC. The van der Waals surface area contributed by atoms with E-state index in [0.717, 1.165) is 28.8 Å². The van der Waals surface area contributed by atoms with Crippen LogP contribution in [0, 0.1) is 0 Å². The van der Waals surface area contributed by atoms with Gasteiger partial charge in [-0.15, -0.1) is 0 Å². The van der Waals surface area contributed by atoms with Crippen molar-refractivity contribution in [1.29, 1.82) is 0 Å². The third-order valence-electron chi connectivity index (χ3n) is 3.61. The summed E-state index contributed by atoms with van der Waals surface area (Å²) in [4.78, 5) is 19.8. The number of nitrogens with zero attached hydrogens (tertiary/aromatic N) is 1. The number of imidazole rings is 1. The fourth-order valence-electron chi connectivity index (χ4n) is 2.48. The molecule has 3 rings (SSSR count). The molecular formula is C18H19N3O2. The summed E-state index contributed by atoms with van der Waals surface area (Å²) in [5, 5.41) is 2.90. The van der Waals surface area contributed by atoms with E-state index in [-0.39, 0.29) is 5.91 Å². The van der Waals surface area contributed by atoms with Gasteiger partial charge in [0.05, 0.1) is 23.8 Å². The predicted molar refractivity (Wildman–Crippen MR) is 91.6 cm³/mol. The summed E-state index contributed by atoms with van der Waals surface area (Å²) >= 11 is 0. The van der Waals surface area contributed by atoms with Crippen LogP contribution in [-0.2, 0) is 4.79 Å². The zero-order valence-electron chi connectivity index (χ0n) is 13.2. The number of rotatable bonds is 5. The minimum atomic E-state index is -0.0208. The first-order chi connectivity index (χ1) is 11.2. The minimum Gasteiger partial charge on any atom is -0.495 e. The molecule has 0 saturated heterocycles. The highest BCUT2D eigenvalue weighted by atomic mass is 16.5. The van der Waals surface area contributed by atoms with Gasteiger partial charge in [-0.25, -0.2) is 4.98 Å². The van der Waals surface area contributed by atoms with Gasteiger partial charge in [-0.3, -0.25) is 4.79 Å². The maximum atomic E-state index is 11.9. The Morgan fingerprint density at radius 2 is 2.09 bits per heavy atom. The van der Waals surface area contributed by atoms with Crippen LogP contribution in [-0.4, -0.2) is 23.0 Å². The molecule has 23 heavy (non-hydrogen) atoms. The van der Waals surface area contributed by atoms with Gasteiger partial charge >= 0.3 is 0 Å². The molecule has 0 fully saturated rings. The lowest BCUT2D eigenvalue weighted by Gasteiger charge is -2.11. The Hall–Kier alpha value is -2.82. The lowest BCUT2D eigenvalue weighted by Crippen LogP contribution is -2.11. The molecule has 2 N–H and O–H groups in total. The first-order valence-electron chi connectivity index (χ1n) is 7.64. The van der Waals surface area contributed by atoms with Crippen LogP contribution in [0.5, 0.6) is 5.75 Å². The van der Waals surface area contributed by atoms with E-state index in [1.54, 1.807) is 7.11 Å². The van der Waals surface area contributed by atoms with Crippen LogP contribution in [0.4, 0.5) is 5.69 Å². The van der Waals surface area contributed by atoms with Crippen LogP contribution >= 0.6 is 0 Å². The quantitative estimate of drug-likeness (QED) is 0.749. The van der Waals surface area contributed by atoms with E-state index in [4.69, 9.17) is 4.74 Å². The van der Waals surface area contributed by atoms with Crippen LogP contribution in [0.3, 0.4) is 0 Å². The number of hydrogen-bond acceptors (Lipinski definition) is 3. The molecule has 1 amide bonds. The first kappa shape index (κ1) is 15.1. The van der Waals surface area contributed by atoms with E-state index in [1.165, 1.54) is 0 Å². The number of benzene rings is 2. The van der Waals surface area contributed by atoms with Gasteiger partial charge in [0.2, 0.25) is 5.91 Å². The first-order valence-corrected chi connectivity index (χ1v) is 7.64. The molecule has 0 aliphatic carbocycles. The van der Waals surface area contributed by atoms with E-state index in [1.807, 2.05) is 49.4 Å². The van der Waals surface area contributed by atoms with Crippen molar-refractivity contribution in [3.05, 3.63) is 42.5 Å². The molecule has 0 atom stereocenters. The number of H-pyrrole nitrogens is 1. The van der Waals surface area contributed by atoms with Crippen molar-refractivity contribution in [2.24, 2.45) is 0 Å². The number of aromatic nitrogens is 2. The number of fused-ring (bicyclic) bond motifs is 1. The zero-order valence-corrected chi connectivity index (χ0v) is 13.2. The molecule has 0 unspecified atom stereocenters. The summed E-state index contributed by atoms with van der Waals surface area (Å²) in [6.07, 6.45) is 1.29. The van der Waals surface area contributed by atoms with E-state index in [9.17, 15) is 4.79 Å². The van der Waals surface area contributed by atoms with Crippen molar-refractivity contribution < 1.29 is 9.53 Å². The fraction of sp³-hybridized carbons (Fsp3) is 0.222. The number of methoxy groups -OCH3 is 1. The van der Waals surface area contributed by atoms with E-state index >= 15 is 0 Å². The lowest BCUT2D eigenvalue weighted by molar-refractivity contribution is -0.116. The largest absolute Gasteiger partial charge is 0.495 e. The highest BCUT2D eigenvalue weighted by Gasteiger charge is 2.11. The van der Waals surface area contributed by atoms with Gasteiger partial charge in [0.1, 0.15) is 11.6 Å². The maximum absolute atomic E-state index is 11.9. The number of hydrogen-bond donors (Lipinski definition) is 2. The molecule has 0 bridgehead atoms. The van der Waals surface area contributed by atoms with E-state index in [0.29, 0.717) is 17.9 Å². The summed E-state index contributed by atoms with van der Waals surface area (Å²) in [7, 11) is 1.59. The van der Waals surface area contributed by atoms with Crippen LogP contribution in [0.1, 0.15) is 19.8 Å². The van der Waals surface area contributed by atoms with E-state index < -0.39 is 0 Å². The lowest BCUT2D eigenvalue weighted by atomic mass is 10.1. The highest BCUT2D eigenvalue weighted by molar-refractivity contribution is 5.93. The van der Waals surface area contributed by atoms with Gasteiger partial charge in [-0.2, -0.15) is 0 Å². The second-order valence-electron chi connectivity index (χ2n) is 5.32. The molecule has 118 valence electrons. The Bertz CT molecular complexity index is 806. The number of ether oxygens (including phenoxy) is 1. The van der Waals surface area contributed by atoms with Crippen molar-refractivity contribution in [3.8, 4) is 17.1 Å². The van der Waals surface area contributed by atoms with Crippen molar-refractivity contribution >= 4 is 22.6 Å². The molecule has 1 aromatic heterocycles.